The molecule has 1 aliphatic rings. The van der Waals surface area contributed by atoms with E-state index >= 15 is 0 Å². The second-order valence-corrected chi connectivity index (χ2v) is 8.67. The number of methoxy groups -OCH3 is 1. The standard InChI is InChI=1S/C23H28N2O3S/c1-27-20-8-6-17(7-9-20)15-28-16-19(26)14-25-12-10-18(11-13-25)23-24-21-4-2-3-5-22(21)29-23/h2-9,18-19,26H,10-16H2,1H3. The molecule has 1 fully saturated rings. The maximum atomic E-state index is 10.3. The Balaban J connectivity index is 1.18. The highest BCUT2D eigenvalue weighted by Crippen LogP contribution is 2.33. The first-order valence-electron chi connectivity index (χ1n) is 10.2. The van der Waals surface area contributed by atoms with Crippen molar-refractivity contribution in [1.29, 1.82) is 0 Å². The molecule has 0 aliphatic carbocycles. The van der Waals surface area contributed by atoms with Crippen molar-refractivity contribution in [1.82, 2.24) is 9.88 Å². The van der Waals surface area contributed by atoms with Gasteiger partial charge in [-0.25, -0.2) is 4.98 Å². The molecule has 1 aliphatic heterocycles. The number of aliphatic hydroxyl groups is 1. The summed E-state index contributed by atoms with van der Waals surface area (Å²) in [4.78, 5) is 7.16. The van der Waals surface area contributed by atoms with Crippen LogP contribution in [0.25, 0.3) is 10.2 Å². The summed E-state index contributed by atoms with van der Waals surface area (Å²) >= 11 is 1.82. The van der Waals surface area contributed by atoms with Crippen LogP contribution in [0.1, 0.15) is 29.3 Å². The SMILES string of the molecule is COc1ccc(COCC(O)CN2CCC(c3nc4ccccc4s3)CC2)cc1. The number of benzene rings is 2. The molecule has 0 bridgehead atoms. The molecule has 6 heteroatoms. The Kier molecular flexibility index (Phi) is 6.77. The number of fused-ring (bicyclic) bond motifs is 1. The van der Waals surface area contributed by atoms with Gasteiger partial charge < -0.3 is 19.5 Å². The summed E-state index contributed by atoms with van der Waals surface area (Å²) in [7, 11) is 1.66. The summed E-state index contributed by atoms with van der Waals surface area (Å²) in [6, 6.07) is 16.2. The predicted octanol–water partition coefficient (Wildman–Crippen LogP) is 4.06. The van der Waals surface area contributed by atoms with E-state index < -0.39 is 6.10 Å². The van der Waals surface area contributed by atoms with Crippen LogP contribution in [0.4, 0.5) is 0 Å². The number of hydrogen-bond acceptors (Lipinski definition) is 6. The van der Waals surface area contributed by atoms with Crippen LogP contribution < -0.4 is 4.74 Å². The van der Waals surface area contributed by atoms with Crippen LogP contribution in [-0.2, 0) is 11.3 Å². The van der Waals surface area contributed by atoms with Gasteiger partial charge in [0.25, 0.3) is 0 Å². The fraction of sp³-hybridized carbons (Fsp3) is 0.435. The van der Waals surface area contributed by atoms with Gasteiger partial charge in [-0.3, -0.25) is 0 Å². The minimum atomic E-state index is -0.466. The third kappa shape index (κ3) is 5.34. The van der Waals surface area contributed by atoms with Gasteiger partial charge >= 0.3 is 0 Å². The van der Waals surface area contributed by atoms with Crippen molar-refractivity contribution in [2.24, 2.45) is 0 Å². The van der Waals surface area contributed by atoms with Crippen LogP contribution in [0.15, 0.2) is 48.5 Å². The van der Waals surface area contributed by atoms with Gasteiger partial charge in [0.1, 0.15) is 5.75 Å². The maximum Gasteiger partial charge on any atom is 0.118 e. The van der Waals surface area contributed by atoms with Crippen LogP contribution >= 0.6 is 11.3 Å². The summed E-state index contributed by atoms with van der Waals surface area (Å²) in [5.74, 6) is 1.37. The number of rotatable bonds is 8. The average molecular weight is 413 g/mol. The predicted molar refractivity (Wildman–Crippen MR) is 117 cm³/mol. The monoisotopic (exact) mass is 412 g/mol. The van der Waals surface area contributed by atoms with Crippen molar-refractivity contribution in [2.75, 3.05) is 33.4 Å². The molecule has 5 nitrogen and oxygen atoms in total. The summed E-state index contributed by atoms with van der Waals surface area (Å²) in [5, 5.41) is 11.6. The number of piperidine rings is 1. The summed E-state index contributed by atoms with van der Waals surface area (Å²) in [5.41, 5.74) is 2.19. The normalized spacial score (nSPS) is 16.9. The number of hydrogen-bond donors (Lipinski definition) is 1. The van der Waals surface area contributed by atoms with E-state index in [1.54, 1.807) is 7.11 Å². The van der Waals surface area contributed by atoms with E-state index in [2.05, 4.69) is 23.1 Å². The minimum Gasteiger partial charge on any atom is -0.497 e. The summed E-state index contributed by atoms with van der Waals surface area (Å²) < 4.78 is 12.1. The topological polar surface area (TPSA) is 54.8 Å². The first-order chi connectivity index (χ1) is 14.2. The zero-order valence-electron chi connectivity index (χ0n) is 16.8. The smallest absolute Gasteiger partial charge is 0.118 e. The lowest BCUT2D eigenvalue weighted by Gasteiger charge is -2.32. The van der Waals surface area contributed by atoms with E-state index in [9.17, 15) is 5.11 Å². The molecule has 0 saturated carbocycles. The Morgan fingerprint density at radius 2 is 1.90 bits per heavy atom. The van der Waals surface area contributed by atoms with Crippen LogP contribution in [0.3, 0.4) is 0 Å². The summed E-state index contributed by atoms with van der Waals surface area (Å²) in [6.45, 7) is 3.51. The quantitative estimate of drug-likeness (QED) is 0.605. The third-order valence-electron chi connectivity index (χ3n) is 5.45. The van der Waals surface area contributed by atoms with Gasteiger partial charge in [0.05, 0.1) is 41.7 Å². The highest BCUT2D eigenvalue weighted by atomic mass is 32.1. The molecule has 1 aromatic heterocycles. The Morgan fingerprint density at radius 1 is 1.14 bits per heavy atom. The first-order valence-corrected chi connectivity index (χ1v) is 11.0. The number of nitrogens with zero attached hydrogens (tertiary/aromatic N) is 2. The van der Waals surface area contributed by atoms with Crippen molar-refractivity contribution in [3.63, 3.8) is 0 Å². The van der Waals surface area contributed by atoms with Crippen molar-refractivity contribution in [3.05, 3.63) is 59.1 Å². The molecule has 2 heterocycles. The fourth-order valence-electron chi connectivity index (χ4n) is 3.81. The van der Waals surface area contributed by atoms with E-state index in [4.69, 9.17) is 14.5 Å². The molecular weight excluding hydrogens is 384 g/mol. The second-order valence-electron chi connectivity index (χ2n) is 7.61. The number of thiazole rings is 1. The van der Waals surface area contributed by atoms with Crippen LogP contribution in [0.2, 0.25) is 0 Å². The van der Waals surface area contributed by atoms with Crippen LogP contribution in [0.5, 0.6) is 5.75 Å². The van der Waals surface area contributed by atoms with E-state index in [-0.39, 0.29) is 0 Å². The molecule has 1 saturated heterocycles. The molecular formula is C23H28N2O3S. The van der Waals surface area contributed by atoms with Gasteiger partial charge in [-0.15, -0.1) is 11.3 Å². The molecule has 4 rings (SSSR count). The highest BCUT2D eigenvalue weighted by molar-refractivity contribution is 7.18. The fourth-order valence-corrected chi connectivity index (χ4v) is 4.95. The minimum absolute atomic E-state index is 0.351. The largest absolute Gasteiger partial charge is 0.497 e. The van der Waals surface area contributed by atoms with Gasteiger partial charge in [-0.05, 0) is 55.8 Å². The molecule has 154 valence electrons. The highest BCUT2D eigenvalue weighted by Gasteiger charge is 2.24. The van der Waals surface area contributed by atoms with Crippen LogP contribution in [0, 0.1) is 0 Å². The third-order valence-corrected chi connectivity index (χ3v) is 6.65. The van der Waals surface area contributed by atoms with Crippen molar-refractivity contribution in [2.45, 2.75) is 31.5 Å². The Morgan fingerprint density at radius 3 is 2.62 bits per heavy atom. The lowest BCUT2D eigenvalue weighted by Crippen LogP contribution is -2.39. The lowest BCUT2D eigenvalue weighted by molar-refractivity contribution is 0.00621. The second kappa shape index (κ2) is 9.67. The molecule has 0 radical (unpaired) electrons. The molecule has 3 aromatic rings. The number of likely N-dealkylation sites (tertiary alicyclic amines) is 1. The Labute approximate surface area is 175 Å². The molecule has 0 spiro atoms. The molecule has 0 amide bonds. The van der Waals surface area contributed by atoms with E-state index in [1.807, 2.05) is 41.7 Å². The molecule has 2 aromatic carbocycles. The molecule has 29 heavy (non-hydrogen) atoms. The van der Waals surface area contributed by atoms with E-state index in [0.29, 0.717) is 25.7 Å². The Bertz CT molecular complexity index is 871. The van der Waals surface area contributed by atoms with Gasteiger partial charge in [0.15, 0.2) is 0 Å². The van der Waals surface area contributed by atoms with Gasteiger partial charge in [0, 0.05) is 12.5 Å². The van der Waals surface area contributed by atoms with Gasteiger partial charge in [0.2, 0.25) is 0 Å². The number of aromatic nitrogens is 1. The van der Waals surface area contributed by atoms with Gasteiger partial charge in [-0.2, -0.15) is 0 Å². The maximum absolute atomic E-state index is 10.3. The number of β-amino-alcohol motifs (C(OH)–C–C–N with tert-alkyl or cyclic N) is 1. The first kappa shape index (κ1) is 20.3. The molecule has 1 atom stereocenters. The van der Waals surface area contributed by atoms with Crippen molar-refractivity contribution >= 4 is 21.6 Å². The summed E-state index contributed by atoms with van der Waals surface area (Å²) in [6.07, 6.45) is 1.73. The van der Waals surface area contributed by atoms with E-state index in [0.717, 1.165) is 42.8 Å². The van der Waals surface area contributed by atoms with Gasteiger partial charge in [-0.1, -0.05) is 24.3 Å². The zero-order chi connectivity index (χ0) is 20.1. The number of ether oxygens (including phenoxy) is 2. The molecule has 1 N–H and O–H groups in total. The number of aliphatic hydroxyl groups excluding tert-OH is 1. The van der Waals surface area contributed by atoms with E-state index in [1.165, 1.54) is 9.71 Å². The lowest BCUT2D eigenvalue weighted by atomic mass is 9.97. The Hall–Kier alpha value is -1.99. The molecule has 1 unspecified atom stereocenters. The van der Waals surface area contributed by atoms with Crippen molar-refractivity contribution < 1.29 is 14.6 Å². The zero-order valence-corrected chi connectivity index (χ0v) is 17.6. The average Bonchev–Trinajstić information content (AvgIpc) is 3.19. The van der Waals surface area contributed by atoms with Crippen molar-refractivity contribution in [3.8, 4) is 5.75 Å². The van der Waals surface area contributed by atoms with Crippen LogP contribution in [-0.4, -0.2) is 54.4 Å². The number of para-hydroxylation sites is 1.